The molecule has 0 aliphatic carbocycles. The first-order chi connectivity index (χ1) is 17.6. The van der Waals surface area contributed by atoms with Gasteiger partial charge in [0, 0.05) is 33.7 Å². The lowest BCUT2D eigenvalue weighted by Gasteiger charge is -2.17. The molecule has 0 radical (unpaired) electrons. The third-order valence-electron chi connectivity index (χ3n) is 5.76. The minimum absolute atomic E-state index is 0.0505. The molecule has 0 unspecified atom stereocenters. The van der Waals surface area contributed by atoms with Gasteiger partial charge in [-0.1, -0.05) is 35.1 Å². The van der Waals surface area contributed by atoms with Crippen molar-refractivity contribution in [2.24, 2.45) is 0 Å². The zero-order valence-corrected chi connectivity index (χ0v) is 19.8. The molecular weight excluding hydrogens is 476 g/mol. The van der Waals surface area contributed by atoms with E-state index in [1.54, 1.807) is 42.3 Å². The van der Waals surface area contributed by atoms with Crippen LogP contribution in [0.3, 0.4) is 0 Å². The van der Waals surface area contributed by atoms with Crippen molar-refractivity contribution in [2.45, 2.75) is 9.79 Å². The minimum Gasteiger partial charge on any atom is -0.459 e. The monoisotopic (exact) mass is 494 g/mol. The van der Waals surface area contributed by atoms with E-state index in [4.69, 9.17) is 8.94 Å². The molecule has 8 nitrogen and oxygen atoms in total. The number of amides is 2. The van der Waals surface area contributed by atoms with Crippen LogP contribution in [0, 0.1) is 0 Å². The average Bonchev–Trinajstić information content (AvgIpc) is 3.60. The number of carbonyl (C=O) groups excluding carboxylic acids is 2. The highest BCUT2D eigenvalue weighted by molar-refractivity contribution is 7.99. The molecule has 6 rings (SSSR count). The van der Waals surface area contributed by atoms with Gasteiger partial charge in [-0.3, -0.25) is 9.59 Å². The zero-order valence-electron chi connectivity index (χ0n) is 19.0. The van der Waals surface area contributed by atoms with Crippen LogP contribution in [0.15, 0.2) is 104 Å². The lowest BCUT2D eigenvalue weighted by Crippen LogP contribution is -2.25. The van der Waals surface area contributed by atoms with Crippen molar-refractivity contribution < 1.29 is 18.5 Å². The van der Waals surface area contributed by atoms with Crippen LogP contribution in [0.5, 0.6) is 0 Å². The fourth-order valence-electron chi connectivity index (χ4n) is 3.94. The van der Waals surface area contributed by atoms with Crippen LogP contribution in [0.2, 0.25) is 0 Å². The first-order valence-corrected chi connectivity index (χ1v) is 11.9. The van der Waals surface area contributed by atoms with Gasteiger partial charge in [0.05, 0.1) is 17.5 Å². The number of benzene rings is 3. The first kappa shape index (κ1) is 21.9. The SMILES string of the molecule is CN1C(=O)c2ccccc2Sc2cc(-c3noc(-c4cccc(NC(=O)c5ccco5)c4)n3)ccc21. The Labute approximate surface area is 209 Å². The maximum absolute atomic E-state index is 12.9. The number of nitrogens with zero attached hydrogens (tertiary/aromatic N) is 3. The van der Waals surface area contributed by atoms with Crippen molar-refractivity contribution in [3.8, 4) is 22.8 Å². The number of hydrogen-bond acceptors (Lipinski definition) is 7. The Bertz CT molecular complexity index is 1610. The molecule has 176 valence electrons. The van der Waals surface area contributed by atoms with Gasteiger partial charge < -0.3 is 19.2 Å². The Morgan fingerprint density at radius 3 is 2.69 bits per heavy atom. The Kier molecular flexibility index (Phi) is 5.38. The molecule has 1 N–H and O–H groups in total. The van der Waals surface area contributed by atoms with E-state index in [1.807, 2.05) is 48.5 Å². The number of aromatic nitrogens is 2. The second kappa shape index (κ2) is 8.86. The normalized spacial score (nSPS) is 12.6. The van der Waals surface area contributed by atoms with Gasteiger partial charge in [0.1, 0.15) is 0 Å². The molecule has 3 heterocycles. The molecule has 5 aromatic rings. The van der Waals surface area contributed by atoms with Crippen LogP contribution in [0.4, 0.5) is 11.4 Å². The molecule has 1 aliphatic heterocycles. The van der Waals surface area contributed by atoms with Crippen molar-refractivity contribution in [3.63, 3.8) is 0 Å². The summed E-state index contributed by atoms with van der Waals surface area (Å²) in [5.74, 6) is 0.558. The molecule has 2 aromatic heterocycles. The van der Waals surface area contributed by atoms with E-state index < -0.39 is 0 Å². The van der Waals surface area contributed by atoms with Gasteiger partial charge in [0.15, 0.2) is 5.76 Å². The summed E-state index contributed by atoms with van der Waals surface area (Å²) in [5.41, 5.74) is 3.48. The van der Waals surface area contributed by atoms with E-state index in [-0.39, 0.29) is 17.6 Å². The third-order valence-corrected chi connectivity index (χ3v) is 6.88. The van der Waals surface area contributed by atoms with E-state index in [9.17, 15) is 9.59 Å². The summed E-state index contributed by atoms with van der Waals surface area (Å²) in [4.78, 5) is 33.3. The second-order valence-electron chi connectivity index (χ2n) is 8.08. The van der Waals surface area contributed by atoms with E-state index in [2.05, 4.69) is 15.5 Å². The number of nitrogens with one attached hydrogen (secondary N) is 1. The summed E-state index contributed by atoms with van der Waals surface area (Å²) in [7, 11) is 1.77. The van der Waals surface area contributed by atoms with Gasteiger partial charge in [0.25, 0.3) is 17.7 Å². The number of carbonyl (C=O) groups is 2. The van der Waals surface area contributed by atoms with Crippen LogP contribution in [-0.4, -0.2) is 29.0 Å². The number of anilines is 2. The Balaban J connectivity index is 1.29. The van der Waals surface area contributed by atoms with Crippen LogP contribution in [0.1, 0.15) is 20.9 Å². The van der Waals surface area contributed by atoms with Crippen LogP contribution in [0.25, 0.3) is 22.8 Å². The lowest BCUT2D eigenvalue weighted by molar-refractivity contribution is 0.0985. The molecule has 0 bridgehead atoms. The highest BCUT2D eigenvalue weighted by atomic mass is 32.2. The minimum atomic E-state index is -0.351. The maximum atomic E-state index is 12.9. The molecule has 0 atom stereocenters. The zero-order chi connectivity index (χ0) is 24.6. The number of furan rings is 1. The average molecular weight is 495 g/mol. The quantitative estimate of drug-likeness (QED) is 0.327. The number of rotatable bonds is 4. The smallest absolute Gasteiger partial charge is 0.291 e. The van der Waals surface area contributed by atoms with Gasteiger partial charge in [0.2, 0.25) is 5.82 Å². The molecule has 3 aromatic carbocycles. The van der Waals surface area contributed by atoms with E-state index in [0.29, 0.717) is 28.5 Å². The van der Waals surface area contributed by atoms with E-state index in [0.717, 1.165) is 21.0 Å². The summed E-state index contributed by atoms with van der Waals surface area (Å²) < 4.78 is 10.7. The summed E-state index contributed by atoms with van der Waals surface area (Å²) in [6, 6.07) is 23.7. The molecule has 1 aliphatic rings. The Morgan fingerprint density at radius 2 is 1.83 bits per heavy atom. The second-order valence-corrected chi connectivity index (χ2v) is 9.16. The largest absolute Gasteiger partial charge is 0.459 e. The summed E-state index contributed by atoms with van der Waals surface area (Å²) in [5, 5.41) is 6.96. The van der Waals surface area contributed by atoms with Gasteiger partial charge in [-0.2, -0.15) is 4.98 Å². The fourth-order valence-corrected chi connectivity index (χ4v) is 5.09. The Hall–Kier alpha value is -4.63. The molecule has 0 fully saturated rings. The topological polar surface area (TPSA) is 101 Å². The van der Waals surface area contributed by atoms with Gasteiger partial charge in [-0.25, -0.2) is 0 Å². The standard InChI is InChI=1S/C27H18N4O4S/c1-31-20-12-11-16(15-23(20)36-22-10-3-2-8-19(22)27(31)33)24-29-26(35-30-24)17-6-4-7-18(14-17)28-25(32)21-9-5-13-34-21/h2-15H,1H3,(H,28,32). The predicted octanol–water partition coefficient (Wildman–Crippen LogP) is 5.99. The van der Waals surface area contributed by atoms with E-state index >= 15 is 0 Å². The highest BCUT2D eigenvalue weighted by Crippen LogP contribution is 2.42. The molecule has 0 saturated heterocycles. The molecule has 0 spiro atoms. The van der Waals surface area contributed by atoms with Crippen molar-refractivity contribution in [1.82, 2.24) is 10.1 Å². The summed E-state index contributed by atoms with van der Waals surface area (Å²) in [6.45, 7) is 0. The summed E-state index contributed by atoms with van der Waals surface area (Å²) >= 11 is 1.53. The fraction of sp³-hybridized carbons (Fsp3) is 0.0370. The molecule has 0 saturated carbocycles. The van der Waals surface area contributed by atoms with Gasteiger partial charge in [-0.05, 0) is 60.7 Å². The molecule has 9 heteroatoms. The number of fused-ring (bicyclic) bond motifs is 2. The van der Waals surface area contributed by atoms with Crippen LogP contribution < -0.4 is 10.2 Å². The first-order valence-electron chi connectivity index (χ1n) is 11.1. The highest BCUT2D eigenvalue weighted by Gasteiger charge is 2.25. The van der Waals surface area contributed by atoms with Gasteiger partial charge >= 0.3 is 0 Å². The predicted molar refractivity (Wildman–Crippen MR) is 135 cm³/mol. The van der Waals surface area contributed by atoms with Crippen molar-refractivity contribution in [3.05, 3.63) is 96.4 Å². The number of hydrogen-bond donors (Lipinski definition) is 1. The lowest BCUT2D eigenvalue weighted by atomic mass is 10.1. The van der Waals surface area contributed by atoms with E-state index in [1.165, 1.54) is 18.0 Å². The van der Waals surface area contributed by atoms with Crippen molar-refractivity contribution >= 4 is 35.0 Å². The third kappa shape index (κ3) is 3.95. The summed E-state index contributed by atoms with van der Waals surface area (Å²) in [6.07, 6.45) is 1.45. The molecule has 2 amide bonds. The van der Waals surface area contributed by atoms with Gasteiger partial charge in [-0.15, -0.1) is 0 Å². The van der Waals surface area contributed by atoms with Crippen molar-refractivity contribution in [2.75, 3.05) is 17.3 Å². The molecular formula is C27H18N4O4S. The molecule has 36 heavy (non-hydrogen) atoms. The van der Waals surface area contributed by atoms with Crippen LogP contribution in [-0.2, 0) is 0 Å². The van der Waals surface area contributed by atoms with Crippen LogP contribution >= 0.6 is 11.8 Å². The Morgan fingerprint density at radius 1 is 0.944 bits per heavy atom. The van der Waals surface area contributed by atoms with Crippen molar-refractivity contribution in [1.29, 1.82) is 0 Å². The maximum Gasteiger partial charge on any atom is 0.291 e.